The largest absolute Gasteiger partial charge is 0.481 e. The number of rotatable bonds is 38. The third-order valence-electron chi connectivity index (χ3n) is 14.4. The van der Waals surface area contributed by atoms with E-state index in [1.54, 1.807) is 71.9 Å². The van der Waals surface area contributed by atoms with Gasteiger partial charge in [0, 0.05) is 39.4 Å². The minimum absolute atomic E-state index is 0.0250. The maximum atomic E-state index is 14.7. The monoisotopic (exact) mass is 1190 g/mol. The van der Waals surface area contributed by atoms with Gasteiger partial charge in [0.15, 0.2) is 5.96 Å². The number of aliphatic hydroxyl groups excluding tert-OH is 2. The van der Waals surface area contributed by atoms with E-state index in [0.29, 0.717) is 18.4 Å². The summed E-state index contributed by atoms with van der Waals surface area (Å²) in [5, 5.41) is 49.3. The number of guanidine groups is 1. The van der Waals surface area contributed by atoms with Gasteiger partial charge in [0.2, 0.25) is 59.1 Å². The predicted molar refractivity (Wildman–Crippen MR) is 312 cm³/mol. The van der Waals surface area contributed by atoms with Crippen LogP contribution in [0.5, 0.6) is 0 Å². The number of aliphatic carboxylic acids is 1. The number of carboxylic acids is 1. The van der Waals surface area contributed by atoms with Gasteiger partial charge in [0.25, 0.3) is 0 Å². The Kier molecular flexibility index (Phi) is 32.0. The van der Waals surface area contributed by atoms with E-state index in [-0.39, 0.29) is 81.7 Å². The molecule has 2 rings (SSSR count). The Morgan fingerprint density at radius 3 is 1.81 bits per heavy atom. The molecule has 11 atom stereocenters. The number of nitrogens with zero attached hydrogens (tertiary/aromatic N) is 3. The van der Waals surface area contributed by atoms with Crippen molar-refractivity contribution in [3.05, 3.63) is 35.9 Å². The number of primary amides is 1. The number of aliphatic hydroxyl groups is 2. The Hall–Kier alpha value is -7.42. The zero-order valence-corrected chi connectivity index (χ0v) is 50.3. The Morgan fingerprint density at radius 1 is 0.679 bits per heavy atom. The number of likely N-dealkylation sites (tertiary alicyclic amines) is 1. The number of hydrogen-bond acceptors (Lipinski definition) is 14. The van der Waals surface area contributed by atoms with Gasteiger partial charge in [-0.25, -0.2) is 0 Å². The molecule has 0 aliphatic carbocycles. The number of unbranched alkanes of at least 4 members (excludes halogenated alkanes) is 4. The van der Waals surface area contributed by atoms with Crippen LogP contribution in [0.2, 0.25) is 0 Å². The molecule has 1 fully saturated rings. The number of carbonyl (C=O) groups is 11. The molecule has 1 aliphatic heterocycles. The molecular formula is C57H95N13O14. The molecule has 1 aromatic rings. The summed E-state index contributed by atoms with van der Waals surface area (Å²) in [5.74, 6) is -11.0. The predicted octanol–water partition coefficient (Wildman–Crippen LogP) is -1.06. The normalized spacial score (nSPS) is 17.1. The van der Waals surface area contributed by atoms with Crippen molar-refractivity contribution in [1.29, 1.82) is 0 Å². The van der Waals surface area contributed by atoms with Gasteiger partial charge in [-0.3, -0.25) is 57.7 Å². The van der Waals surface area contributed by atoms with Crippen LogP contribution < -0.4 is 54.4 Å². The summed E-state index contributed by atoms with van der Waals surface area (Å²) in [7, 11) is 1.26. The number of β-amino-alcohol motifs (C(OH)–C–C–N with tert-alkyl or cyclic N) is 1. The summed E-state index contributed by atoms with van der Waals surface area (Å²) in [4.78, 5) is 156. The molecule has 1 heterocycles. The van der Waals surface area contributed by atoms with Crippen LogP contribution in [0.1, 0.15) is 144 Å². The zero-order valence-electron chi connectivity index (χ0n) is 50.3. The number of benzene rings is 1. The van der Waals surface area contributed by atoms with Gasteiger partial charge in [-0.05, 0) is 62.3 Å². The molecule has 10 amide bonds. The molecule has 1 saturated heterocycles. The van der Waals surface area contributed by atoms with Crippen molar-refractivity contribution in [1.82, 2.24) is 47.0 Å². The topological polar surface area (TPSA) is 430 Å². The second-order valence-corrected chi connectivity index (χ2v) is 22.6. The van der Waals surface area contributed by atoms with Crippen molar-refractivity contribution >= 4 is 71.0 Å². The summed E-state index contributed by atoms with van der Waals surface area (Å²) in [5.41, 5.74) is 17.1. The van der Waals surface area contributed by atoms with Crippen LogP contribution in [0.3, 0.4) is 0 Å². The molecule has 0 saturated carbocycles. The smallest absolute Gasteiger partial charge is 0.305 e. The van der Waals surface area contributed by atoms with E-state index < -0.39 is 139 Å². The van der Waals surface area contributed by atoms with Crippen LogP contribution in [0.25, 0.3) is 0 Å². The number of carbonyl (C=O) groups excluding carboxylic acids is 10. The molecule has 0 aromatic heterocycles. The van der Waals surface area contributed by atoms with Crippen LogP contribution >= 0.6 is 0 Å². The Morgan fingerprint density at radius 2 is 1.24 bits per heavy atom. The number of nitrogens with two attached hydrogens (primary N) is 3. The van der Waals surface area contributed by atoms with E-state index in [1.807, 2.05) is 0 Å². The molecule has 1 aromatic carbocycles. The molecule has 1 aliphatic rings. The van der Waals surface area contributed by atoms with Gasteiger partial charge in [0.1, 0.15) is 54.4 Å². The van der Waals surface area contributed by atoms with E-state index >= 15 is 0 Å². The fourth-order valence-electron chi connectivity index (χ4n) is 9.50. The Bertz CT molecular complexity index is 2390. The number of nitrogens with one attached hydrogen (secondary N) is 7. The van der Waals surface area contributed by atoms with Crippen molar-refractivity contribution in [2.75, 3.05) is 26.7 Å². The highest BCUT2D eigenvalue weighted by atomic mass is 16.4. The first kappa shape index (κ1) is 72.7. The van der Waals surface area contributed by atoms with Gasteiger partial charge in [-0.2, -0.15) is 0 Å². The quantitative estimate of drug-likeness (QED) is 0.0213. The third-order valence-corrected chi connectivity index (χ3v) is 14.4. The van der Waals surface area contributed by atoms with Gasteiger partial charge in [-0.15, -0.1) is 0 Å². The average molecular weight is 1190 g/mol. The second kappa shape index (κ2) is 37.0. The molecule has 84 heavy (non-hydrogen) atoms. The van der Waals surface area contributed by atoms with Crippen LogP contribution in [0.4, 0.5) is 0 Å². The van der Waals surface area contributed by atoms with Gasteiger partial charge in [0.05, 0.1) is 19.1 Å². The van der Waals surface area contributed by atoms with Crippen LogP contribution in [0, 0.1) is 17.8 Å². The second-order valence-electron chi connectivity index (χ2n) is 22.6. The van der Waals surface area contributed by atoms with E-state index in [1.165, 1.54) is 14.0 Å². The SMILES string of the molecule is CCCCCCCC(=O)N[C@@H](C)C(=O)N[C@@H](Cc1ccccc1)C(=O)N[C@@H](CO)C(=O)N[C@@H](CC(C)C)C(=O)N1C[C@H](O)C[C@H]1C(=O)N(C)[C@H](CC(C)C)C(=O)N[C@@H](CC(=O)O)C(=O)N[C@@H](CCCN=C(N)N)C(=O)N[C@H](C(N)=O)[C@@H](C)CC. The highest BCUT2D eigenvalue weighted by Gasteiger charge is 2.45. The van der Waals surface area contributed by atoms with Crippen molar-refractivity contribution in [2.24, 2.45) is 39.9 Å². The summed E-state index contributed by atoms with van der Waals surface area (Å²) in [6, 6.07) is -3.94. The first-order chi connectivity index (χ1) is 39.5. The fraction of sp³-hybridized carbons (Fsp3) is 0.684. The lowest BCUT2D eigenvalue weighted by Crippen LogP contribution is -2.61. The molecule has 0 bridgehead atoms. The highest BCUT2D eigenvalue weighted by Crippen LogP contribution is 2.25. The first-order valence-electron chi connectivity index (χ1n) is 29.1. The minimum Gasteiger partial charge on any atom is -0.481 e. The van der Waals surface area contributed by atoms with Gasteiger partial charge >= 0.3 is 5.97 Å². The maximum absolute atomic E-state index is 14.7. The molecule has 0 unspecified atom stereocenters. The molecular weight excluding hydrogens is 1090 g/mol. The van der Waals surface area contributed by atoms with Crippen molar-refractivity contribution in [3.63, 3.8) is 0 Å². The maximum Gasteiger partial charge on any atom is 0.305 e. The molecule has 27 nitrogen and oxygen atoms in total. The standard InChI is InChI=1S/C57H95N13O14/c1-10-12-13-14-18-23-45(73)62-35(8)49(77)64-39(27-36-20-16-15-17-21-36)51(79)67-42(31-71)53(81)66-41(25-32(3)4)55(83)70-30-37(72)28-44(70)56(84)69(9)43(26-33(5)6)54(82)65-40(29-46(74)75)52(80)63-38(22-19-24-61-57(59)60)50(78)68-47(48(58)76)34(7)11-2/h15-17,20-21,32-35,37-44,47,71-72H,10-14,18-19,22-31H2,1-9H3,(H2,58,76)(H,62,73)(H,63,80)(H,64,77)(H,65,82)(H,66,81)(H,67,79)(H,68,78)(H,74,75)(H4,59,60,61)/t34-,35-,37+,38-,39-,40-,41-,42-,43+,44-,47-/m0/s1. The van der Waals surface area contributed by atoms with E-state index in [4.69, 9.17) is 17.2 Å². The average Bonchev–Trinajstić information content (AvgIpc) is 3.26. The van der Waals surface area contributed by atoms with Crippen molar-refractivity contribution < 1.29 is 68.1 Å². The van der Waals surface area contributed by atoms with Crippen molar-refractivity contribution in [2.45, 2.75) is 206 Å². The lowest BCUT2D eigenvalue weighted by Gasteiger charge is -2.35. The van der Waals surface area contributed by atoms with Crippen LogP contribution in [-0.4, -0.2) is 183 Å². The minimum atomic E-state index is -1.83. The summed E-state index contributed by atoms with van der Waals surface area (Å²) in [6.45, 7) is 12.7. The molecule has 16 N–H and O–H groups in total. The Labute approximate surface area is 492 Å². The molecule has 0 radical (unpaired) electrons. The van der Waals surface area contributed by atoms with E-state index in [9.17, 15) is 68.1 Å². The number of hydrogen-bond donors (Lipinski definition) is 13. The fourth-order valence-corrected chi connectivity index (χ4v) is 9.50. The van der Waals surface area contributed by atoms with Crippen LogP contribution in [0.15, 0.2) is 35.3 Å². The summed E-state index contributed by atoms with van der Waals surface area (Å²) < 4.78 is 0. The lowest BCUT2D eigenvalue weighted by molar-refractivity contribution is -0.149. The molecule has 27 heteroatoms. The number of amides is 10. The zero-order chi connectivity index (χ0) is 63.4. The summed E-state index contributed by atoms with van der Waals surface area (Å²) >= 11 is 0. The lowest BCUT2D eigenvalue weighted by atomic mass is 9.97. The first-order valence-corrected chi connectivity index (χ1v) is 29.1. The Balaban J connectivity index is 2.41. The third kappa shape index (κ3) is 25.2. The highest BCUT2D eigenvalue weighted by molar-refractivity contribution is 5.99. The van der Waals surface area contributed by atoms with Gasteiger partial charge in [-0.1, -0.05) is 111 Å². The molecule has 0 spiro atoms. The van der Waals surface area contributed by atoms with Gasteiger partial charge < -0.3 is 79.5 Å². The van der Waals surface area contributed by atoms with E-state index in [0.717, 1.165) is 35.5 Å². The number of carboxylic acid groups (broad SMARTS) is 1. The summed E-state index contributed by atoms with van der Waals surface area (Å²) in [6.07, 6.45) is 2.61. The van der Waals surface area contributed by atoms with E-state index in [2.05, 4.69) is 49.1 Å². The number of likely N-dealkylation sites (N-methyl/N-ethyl adjacent to an activating group) is 1. The number of aliphatic imine (C=N–C) groups is 1. The van der Waals surface area contributed by atoms with Crippen LogP contribution in [-0.2, 0) is 59.2 Å². The van der Waals surface area contributed by atoms with Crippen molar-refractivity contribution in [3.8, 4) is 0 Å². The molecule has 472 valence electrons.